The molecule has 2 aliphatic heterocycles. The van der Waals surface area contributed by atoms with E-state index in [2.05, 4.69) is 5.16 Å². The molecule has 2 amide bonds. The average Bonchev–Trinajstić information content (AvgIpc) is 3.05. The second-order valence-electron chi connectivity index (χ2n) is 5.84. The van der Waals surface area contributed by atoms with Crippen molar-refractivity contribution in [1.82, 2.24) is 4.90 Å². The molecule has 1 aromatic carbocycles. The molecule has 1 fully saturated rings. The highest BCUT2D eigenvalue weighted by atomic mass is 35.5. The third-order valence-electron chi connectivity index (χ3n) is 4.33. The number of oxime groups is 1. The molecule has 6 nitrogen and oxygen atoms in total. The average molecular weight is 336 g/mol. The third kappa shape index (κ3) is 3.47. The van der Waals surface area contributed by atoms with Gasteiger partial charge in [0.05, 0.1) is 5.71 Å². The van der Waals surface area contributed by atoms with Crippen molar-refractivity contribution < 1.29 is 14.4 Å². The van der Waals surface area contributed by atoms with Crippen molar-refractivity contribution in [2.45, 2.75) is 25.4 Å². The van der Waals surface area contributed by atoms with E-state index in [9.17, 15) is 9.59 Å². The molecule has 0 unspecified atom stereocenters. The number of halogens is 1. The maximum Gasteiger partial charge on any atom is 0.266 e. The van der Waals surface area contributed by atoms with Crippen molar-refractivity contribution in [1.29, 1.82) is 0 Å². The van der Waals surface area contributed by atoms with Crippen molar-refractivity contribution in [2.75, 3.05) is 13.1 Å². The summed E-state index contributed by atoms with van der Waals surface area (Å²) in [6.45, 7) is 1.06. The smallest absolute Gasteiger partial charge is 0.266 e. The van der Waals surface area contributed by atoms with Crippen LogP contribution in [0, 0.1) is 5.92 Å². The second kappa shape index (κ2) is 6.58. The zero-order chi connectivity index (χ0) is 16.4. The van der Waals surface area contributed by atoms with Crippen molar-refractivity contribution in [3.05, 3.63) is 34.9 Å². The molecule has 1 saturated heterocycles. The van der Waals surface area contributed by atoms with Crippen LogP contribution < -0.4 is 5.73 Å². The van der Waals surface area contributed by atoms with Gasteiger partial charge in [-0.1, -0.05) is 28.9 Å². The highest BCUT2D eigenvalue weighted by Crippen LogP contribution is 2.23. The van der Waals surface area contributed by atoms with Crippen molar-refractivity contribution in [2.24, 2.45) is 16.8 Å². The number of carbonyl (C=O) groups excluding carboxylic acids is 2. The summed E-state index contributed by atoms with van der Waals surface area (Å²) in [6.07, 6.45) is 1.07. The summed E-state index contributed by atoms with van der Waals surface area (Å²) in [7, 11) is 0. The lowest BCUT2D eigenvalue weighted by Crippen LogP contribution is -2.45. The number of hydrogen-bond acceptors (Lipinski definition) is 4. The lowest BCUT2D eigenvalue weighted by molar-refractivity contribution is -0.144. The molecule has 1 atom stereocenters. The van der Waals surface area contributed by atoms with Gasteiger partial charge < -0.3 is 15.5 Å². The van der Waals surface area contributed by atoms with Crippen LogP contribution in [0.25, 0.3) is 0 Å². The van der Waals surface area contributed by atoms with E-state index in [1.807, 2.05) is 12.1 Å². The number of nitrogens with zero attached hydrogens (tertiary/aromatic N) is 2. The van der Waals surface area contributed by atoms with Crippen LogP contribution in [0.5, 0.6) is 0 Å². The van der Waals surface area contributed by atoms with Crippen LogP contribution in [0.2, 0.25) is 5.02 Å². The number of likely N-dealkylation sites (tertiary alicyclic amines) is 1. The van der Waals surface area contributed by atoms with Crippen LogP contribution in [0.4, 0.5) is 0 Å². The molecule has 2 heterocycles. The number of primary amides is 1. The zero-order valence-corrected chi connectivity index (χ0v) is 13.3. The fourth-order valence-corrected chi connectivity index (χ4v) is 3.04. The van der Waals surface area contributed by atoms with Gasteiger partial charge in [-0.15, -0.1) is 0 Å². The minimum absolute atomic E-state index is 0.0827. The number of hydrogen-bond donors (Lipinski definition) is 1. The van der Waals surface area contributed by atoms with Gasteiger partial charge in [0.2, 0.25) is 12.0 Å². The predicted molar refractivity (Wildman–Crippen MR) is 86.0 cm³/mol. The lowest BCUT2D eigenvalue weighted by Gasteiger charge is -2.31. The van der Waals surface area contributed by atoms with Gasteiger partial charge in [0.25, 0.3) is 5.91 Å². The summed E-state index contributed by atoms with van der Waals surface area (Å²) < 4.78 is 0. The van der Waals surface area contributed by atoms with Gasteiger partial charge in [-0.2, -0.15) is 0 Å². The van der Waals surface area contributed by atoms with E-state index < -0.39 is 6.10 Å². The van der Waals surface area contributed by atoms with Crippen LogP contribution >= 0.6 is 11.6 Å². The molecular weight excluding hydrogens is 318 g/mol. The van der Waals surface area contributed by atoms with Gasteiger partial charge in [0.15, 0.2) is 0 Å². The Morgan fingerprint density at radius 2 is 1.87 bits per heavy atom. The topological polar surface area (TPSA) is 85.0 Å². The van der Waals surface area contributed by atoms with E-state index in [4.69, 9.17) is 22.2 Å². The molecule has 0 aromatic heterocycles. The standard InChI is InChI=1S/C16H18ClN3O3/c17-12-3-1-10(2-4-12)13-9-14(23-19-13)16(22)20-7-5-11(6-8-20)15(18)21/h1-4,11,14H,5-9H2,(H2,18,21)/t14-/m0/s1. The van der Waals surface area contributed by atoms with Crippen LogP contribution in [-0.4, -0.2) is 41.6 Å². The Morgan fingerprint density at radius 3 is 2.48 bits per heavy atom. The Labute approximate surface area is 139 Å². The maximum absolute atomic E-state index is 12.5. The maximum atomic E-state index is 12.5. The molecule has 23 heavy (non-hydrogen) atoms. The van der Waals surface area contributed by atoms with Crippen LogP contribution in [0.15, 0.2) is 29.4 Å². The summed E-state index contributed by atoms with van der Waals surface area (Å²) >= 11 is 5.87. The Kier molecular flexibility index (Phi) is 4.52. The molecule has 0 aliphatic carbocycles. The van der Waals surface area contributed by atoms with Crippen molar-refractivity contribution in [3.8, 4) is 0 Å². The molecule has 7 heteroatoms. The Balaban J connectivity index is 1.57. The van der Waals surface area contributed by atoms with Gasteiger partial charge in [0, 0.05) is 30.5 Å². The largest absolute Gasteiger partial charge is 0.382 e. The Morgan fingerprint density at radius 1 is 1.22 bits per heavy atom. The molecule has 0 saturated carbocycles. The van der Waals surface area contributed by atoms with Crippen LogP contribution in [-0.2, 0) is 14.4 Å². The van der Waals surface area contributed by atoms with E-state index in [1.54, 1.807) is 17.0 Å². The Bertz CT molecular complexity index is 636. The number of amides is 2. The summed E-state index contributed by atoms with van der Waals surface area (Å²) in [5.41, 5.74) is 6.95. The molecule has 2 aliphatic rings. The van der Waals surface area contributed by atoms with E-state index in [-0.39, 0.29) is 17.7 Å². The number of benzene rings is 1. The van der Waals surface area contributed by atoms with Crippen LogP contribution in [0.1, 0.15) is 24.8 Å². The minimum atomic E-state index is -0.592. The van der Waals surface area contributed by atoms with Crippen molar-refractivity contribution >= 4 is 29.1 Å². The summed E-state index contributed by atoms with van der Waals surface area (Å²) in [6, 6.07) is 7.28. The summed E-state index contributed by atoms with van der Waals surface area (Å²) in [5, 5.41) is 4.68. The molecule has 0 radical (unpaired) electrons. The number of nitrogens with two attached hydrogens (primary N) is 1. The van der Waals surface area contributed by atoms with Crippen molar-refractivity contribution in [3.63, 3.8) is 0 Å². The second-order valence-corrected chi connectivity index (χ2v) is 6.28. The molecule has 3 rings (SSSR count). The predicted octanol–water partition coefficient (Wildman–Crippen LogP) is 1.56. The number of piperidine rings is 1. The first-order valence-corrected chi connectivity index (χ1v) is 7.99. The third-order valence-corrected chi connectivity index (χ3v) is 4.58. The first kappa shape index (κ1) is 15.8. The summed E-state index contributed by atoms with van der Waals surface area (Å²) in [5.74, 6) is -0.507. The fourth-order valence-electron chi connectivity index (χ4n) is 2.91. The Hall–Kier alpha value is -2.08. The molecule has 0 spiro atoms. The molecule has 0 bridgehead atoms. The van der Waals surface area contributed by atoms with E-state index in [0.29, 0.717) is 37.4 Å². The molecule has 1 aromatic rings. The molecular formula is C16H18ClN3O3. The van der Waals surface area contributed by atoms with Gasteiger partial charge in [-0.25, -0.2) is 0 Å². The van der Waals surface area contributed by atoms with E-state index >= 15 is 0 Å². The normalized spacial score (nSPS) is 21.7. The number of rotatable bonds is 3. The van der Waals surface area contributed by atoms with E-state index in [1.165, 1.54) is 0 Å². The summed E-state index contributed by atoms with van der Waals surface area (Å²) in [4.78, 5) is 30.7. The lowest BCUT2D eigenvalue weighted by atomic mass is 9.95. The monoisotopic (exact) mass is 335 g/mol. The van der Waals surface area contributed by atoms with E-state index in [0.717, 1.165) is 11.3 Å². The first-order valence-electron chi connectivity index (χ1n) is 7.61. The first-order chi connectivity index (χ1) is 11.0. The fraction of sp³-hybridized carbons (Fsp3) is 0.438. The minimum Gasteiger partial charge on any atom is -0.382 e. The van der Waals surface area contributed by atoms with Gasteiger partial charge in [-0.3, -0.25) is 9.59 Å². The highest BCUT2D eigenvalue weighted by Gasteiger charge is 2.34. The van der Waals surface area contributed by atoms with Gasteiger partial charge in [0.1, 0.15) is 0 Å². The molecule has 122 valence electrons. The zero-order valence-electron chi connectivity index (χ0n) is 12.6. The highest BCUT2D eigenvalue weighted by molar-refractivity contribution is 6.30. The van der Waals surface area contributed by atoms with Gasteiger partial charge in [-0.05, 0) is 30.5 Å². The molecule has 2 N–H and O–H groups in total. The number of carbonyl (C=O) groups is 2. The quantitative estimate of drug-likeness (QED) is 0.909. The van der Waals surface area contributed by atoms with Gasteiger partial charge >= 0.3 is 0 Å². The van der Waals surface area contributed by atoms with Crippen LogP contribution in [0.3, 0.4) is 0 Å². The SMILES string of the molecule is NC(=O)C1CCN(C(=O)[C@@H]2CC(c3ccc(Cl)cc3)=NO2)CC1.